The molecule has 0 saturated carbocycles. The lowest BCUT2D eigenvalue weighted by molar-refractivity contribution is -1.30. The van der Waals surface area contributed by atoms with E-state index in [0.717, 1.165) is 30.9 Å². The Morgan fingerprint density at radius 1 is 1.00 bits per heavy atom. The van der Waals surface area contributed by atoms with Gasteiger partial charge in [0.25, 0.3) is 0 Å². The first kappa shape index (κ1) is 18.3. The summed E-state index contributed by atoms with van der Waals surface area (Å²) in [6, 6.07) is 15.6. The van der Waals surface area contributed by atoms with Crippen molar-refractivity contribution in [2.24, 2.45) is 15.6 Å². The maximum Gasteiger partial charge on any atom is 0.213 e. The monoisotopic (exact) mass is 394 g/mol. The third-order valence-electron chi connectivity index (χ3n) is 6.40. The molecule has 0 aromatic heterocycles. The van der Waals surface area contributed by atoms with Gasteiger partial charge in [-0.15, -0.1) is 0 Å². The lowest BCUT2D eigenvalue weighted by Gasteiger charge is -2.52. The van der Waals surface area contributed by atoms with Crippen molar-refractivity contribution in [3.63, 3.8) is 0 Å². The average Bonchev–Trinajstić information content (AvgIpc) is 2.72. The smallest absolute Gasteiger partial charge is 0.213 e. The van der Waals surface area contributed by atoms with Crippen LogP contribution in [0.15, 0.2) is 58.7 Å². The fraction of sp³-hybridized carbons (Fsp3) is 0.364. The van der Waals surface area contributed by atoms with Gasteiger partial charge in [0.05, 0.1) is 19.0 Å². The normalized spacial score (nSPS) is 30.8. The summed E-state index contributed by atoms with van der Waals surface area (Å²) in [7, 11) is 1.61. The third kappa shape index (κ3) is 3.42. The molecule has 4 saturated heterocycles. The zero-order valence-electron chi connectivity index (χ0n) is 16.7. The molecule has 0 radical (unpaired) electrons. The Morgan fingerprint density at radius 3 is 2.28 bits per heavy atom. The van der Waals surface area contributed by atoms with Crippen LogP contribution in [0, 0.1) is 5.41 Å². The number of ether oxygens (including phenoxy) is 1. The quantitative estimate of drug-likeness (QED) is 0.343. The van der Waals surface area contributed by atoms with Crippen molar-refractivity contribution in [1.29, 1.82) is 0 Å². The molecule has 0 spiro atoms. The molecular weight excluding hydrogens is 366 g/mol. The summed E-state index contributed by atoms with van der Waals surface area (Å²) in [4.78, 5) is 4.99. The molecule has 4 aliphatic heterocycles. The first-order chi connectivity index (χ1) is 14.1. The van der Waals surface area contributed by atoms with Crippen LogP contribution in [0.4, 0.5) is 0 Å². The van der Waals surface area contributed by atoms with Crippen LogP contribution in [-0.4, -0.2) is 63.8 Å². The number of hydrogen-bond acceptors (Lipinski definition) is 4. The van der Waals surface area contributed by atoms with Crippen LogP contribution in [0.3, 0.4) is 0 Å². The molecule has 6 rings (SSSR count). The minimum absolute atomic E-state index is 0.0455. The van der Waals surface area contributed by atoms with Gasteiger partial charge < -0.3 is 9.84 Å². The summed E-state index contributed by atoms with van der Waals surface area (Å²) in [5.74, 6) is 0.851. The molecule has 0 amide bonds. The number of nitrogens with zero attached hydrogens (tertiary/aromatic N) is 2. The van der Waals surface area contributed by atoms with E-state index in [-0.39, 0.29) is 11.2 Å². The van der Waals surface area contributed by atoms with Gasteiger partial charge >= 0.3 is 0 Å². The van der Waals surface area contributed by atoms with E-state index < -0.39 is 0 Å². The molecule has 0 aliphatic carbocycles. The van der Waals surface area contributed by atoms with Crippen LogP contribution in [0.5, 0.6) is 11.5 Å². The molecule has 4 N–H and O–H groups in total. The summed E-state index contributed by atoms with van der Waals surface area (Å²) >= 11 is 0. The number of hydrogen-bond donors (Lipinski definition) is 4. The van der Waals surface area contributed by atoms with Crippen LogP contribution in [-0.2, 0) is 0 Å². The predicted octanol–water partition coefficient (Wildman–Crippen LogP) is -2.22. The maximum atomic E-state index is 10.1. The number of aromatic hydroxyl groups is 1. The highest BCUT2D eigenvalue weighted by atomic mass is 16.5. The molecule has 0 unspecified atom stereocenters. The van der Waals surface area contributed by atoms with Crippen molar-refractivity contribution in [3.05, 3.63) is 59.7 Å². The summed E-state index contributed by atoms with van der Waals surface area (Å²) < 4.78 is 5.25. The van der Waals surface area contributed by atoms with Crippen molar-refractivity contribution < 1.29 is 24.5 Å². The Bertz CT molecular complexity index is 922. The van der Waals surface area contributed by atoms with Crippen molar-refractivity contribution in [3.8, 4) is 11.5 Å². The Balaban J connectivity index is 1.52. The van der Waals surface area contributed by atoms with Crippen LogP contribution >= 0.6 is 0 Å². The molecule has 4 bridgehead atoms. The standard InChI is InChI=1S/C22H25N5O2/c1-29-19-7-8-20(28)18(9-19)10-23-24-21(17-5-3-2-4-6-17)22-11-25-14-26(12-22)16-27(13-22)15-25/h2-10,28H,11-16H2,1H3/p+3/b23-10+,24-21+. The molecular formula is C22H28N5O2+3. The maximum absolute atomic E-state index is 10.1. The second-order valence-corrected chi connectivity index (χ2v) is 8.57. The highest BCUT2D eigenvalue weighted by Crippen LogP contribution is 2.24. The van der Waals surface area contributed by atoms with Gasteiger partial charge in [-0.25, -0.2) is 14.7 Å². The number of phenolic OH excluding ortho intramolecular Hbond substituents is 1. The second-order valence-electron chi connectivity index (χ2n) is 8.57. The number of rotatable bonds is 5. The summed E-state index contributed by atoms with van der Waals surface area (Å²) in [6.45, 7) is 7.01. The molecule has 2 aromatic rings. The van der Waals surface area contributed by atoms with Crippen molar-refractivity contribution in [2.75, 3.05) is 46.8 Å². The number of benzene rings is 2. The molecule has 4 aliphatic rings. The lowest BCUT2D eigenvalue weighted by atomic mass is 9.74. The van der Waals surface area contributed by atoms with Gasteiger partial charge in [-0.3, -0.25) is 0 Å². The molecule has 0 atom stereocenters. The summed E-state index contributed by atoms with van der Waals surface area (Å²) in [5, 5.41) is 19.3. The first-order valence-electron chi connectivity index (χ1n) is 10.2. The van der Waals surface area contributed by atoms with Gasteiger partial charge in [0.15, 0.2) is 5.41 Å². The van der Waals surface area contributed by atoms with Crippen molar-refractivity contribution >= 4 is 11.9 Å². The average molecular weight is 394 g/mol. The Labute approximate surface area is 170 Å². The van der Waals surface area contributed by atoms with E-state index in [1.807, 2.05) is 6.07 Å². The molecule has 29 heavy (non-hydrogen) atoms. The SMILES string of the molecule is COc1ccc(O)c(/C=N/N=C(\c2ccccc2)C23C[NH+]4C[NH+](C[NH+](C4)C2)C3)c1. The van der Waals surface area contributed by atoms with E-state index >= 15 is 0 Å². The van der Waals surface area contributed by atoms with Gasteiger partial charge in [0.1, 0.15) is 31.1 Å². The zero-order chi connectivity index (χ0) is 19.8. The first-order valence-corrected chi connectivity index (χ1v) is 10.2. The van der Waals surface area contributed by atoms with E-state index in [4.69, 9.17) is 9.84 Å². The second kappa shape index (κ2) is 7.26. The van der Waals surface area contributed by atoms with E-state index in [0.29, 0.717) is 11.3 Å². The Hall–Kier alpha value is -2.74. The van der Waals surface area contributed by atoms with Crippen LogP contribution in [0.25, 0.3) is 0 Å². The number of nitrogens with one attached hydrogen (secondary N) is 3. The topological polar surface area (TPSA) is 67.5 Å². The number of methoxy groups -OCH3 is 1. The highest BCUT2D eigenvalue weighted by Gasteiger charge is 2.60. The number of quaternary nitrogens is 3. The van der Waals surface area contributed by atoms with Crippen molar-refractivity contribution in [1.82, 2.24) is 0 Å². The van der Waals surface area contributed by atoms with E-state index in [9.17, 15) is 5.11 Å². The van der Waals surface area contributed by atoms with E-state index in [1.54, 1.807) is 46.2 Å². The fourth-order valence-electron chi connectivity index (χ4n) is 5.48. The van der Waals surface area contributed by atoms with Crippen LogP contribution in [0.2, 0.25) is 0 Å². The minimum Gasteiger partial charge on any atom is -0.507 e. The molecule has 4 fully saturated rings. The van der Waals surface area contributed by atoms with Gasteiger partial charge in [-0.2, -0.15) is 10.2 Å². The predicted molar refractivity (Wildman–Crippen MR) is 110 cm³/mol. The van der Waals surface area contributed by atoms with Crippen molar-refractivity contribution in [2.45, 2.75) is 0 Å². The molecule has 7 nitrogen and oxygen atoms in total. The molecule has 7 heteroatoms. The minimum atomic E-state index is 0.0455. The molecule has 4 heterocycles. The largest absolute Gasteiger partial charge is 0.507 e. The van der Waals surface area contributed by atoms with E-state index in [1.165, 1.54) is 20.0 Å². The van der Waals surface area contributed by atoms with E-state index in [2.05, 4.69) is 29.4 Å². The Morgan fingerprint density at radius 2 is 1.66 bits per heavy atom. The zero-order valence-corrected chi connectivity index (χ0v) is 16.7. The summed E-state index contributed by atoms with van der Waals surface area (Å²) in [5.41, 5.74) is 2.86. The fourth-order valence-corrected chi connectivity index (χ4v) is 5.48. The third-order valence-corrected chi connectivity index (χ3v) is 6.40. The Kier molecular flexibility index (Phi) is 4.58. The van der Waals surface area contributed by atoms with Crippen LogP contribution in [0.1, 0.15) is 11.1 Å². The molecule has 150 valence electrons. The van der Waals surface area contributed by atoms with Crippen LogP contribution < -0.4 is 19.4 Å². The summed E-state index contributed by atoms with van der Waals surface area (Å²) in [6.07, 6.45) is 1.62. The van der Waals surface area contributed by atoms with Gasteiger partial charge in [-0.05, 0) is 23.8 Å². The van der Waals surface area contributed by atoms with Gasteiger partial charge in [0.2, 0.25) is 20.0 Å². The van der Waals surface area contributed by atoms with Gasteiger partial charge in [0, 0.05) is 5.56 Å². The lowest BCUT2D eigenvalue weighted by Crippen LogP contribution is -3.56. The molecule has 2 aromatic carbocycles. The highest BCUT2D eigenvalue weighted by molar-refractivity contribution is 6.05. The van der Waals surface area contributed by atoms with Gasteiger partial charge in [-0.1, -0.05) is 30.3 Å². The number of phenols is 1.